The minimum absolute atomic E-state index is 0.914. The molecule has 3 heteroatoms. The first-order chi connectivity index (χ1) is 8.74. The van der Waals surface area contributed by atoms with Crippen molar-refractivity contribution < 1.29 is 0 Å². The summed E-state index contributed by atoms with van der Waals surface area (Å²) in [4.78, 5) is 4.75. The highest BCUT2D eigenvalue weighted by molar-refractivity contribution is 5.38. The summed E-state index contributed by atoms with van der Waals surface area (Å²) in [5, 5.41) is 0. The van der Waals surface area contributed by atoms with Crippen molar-refractivity contribution in [3.8, 4) is 0 Å². The Kier molecular flexibility index (Phi) is 6.84. The third-order valence-electron chi connectivity index (χ3n) is 3.35. The Balaban J connectivity index is 2.69. The zero-order valence-electron chi connectivity index (χ0n) is 12.3. The lowest BCUT2D eigenvalue weighted by Crippen LogP contribution is -2.07. The monoisotopic (exact) mass is 251 g/mol. The van der Waals surface area contributed by atoms with E-state index in [1.807, 2.05) is 0 Å². The third kappa shape index (κ3) is 4.04. The van der Waals surface area contributed by atoms with Crippen LogP contribution in [0.2, 0.25) is 0 Å². The summed E-state index contributed by atoms with van der Waals surface area (Å²) in [5.41, 5.74) is 7.36. The normalized spacial score (nSPS) is 11.1. The molecule has 18 heavy (non-hydrogen) atoms. The van der Waals surface area contributed by atoms with Gasteiger partial charge in [-0.3, -0.25) is 0 Å². The van der Waals surface area contributed by atoms with Crippen LogP contribution in [0.25, 0.3) is 0 Å². The molecule has 1 aromatic heterocycles. The number of nitrogens with two attached hydrogens (primary N) is 1. The molecule has 0 radical (unpaired) electrons. The smallest absolute Gasteiger partial charge is 0.126 e. The molecule has 104 valence electrons. The molecular formula is C15H29N3. The van der Waals surface area contributed by atoms with E-state index in [0.29, 0.717) is 0 Å². The van der Waals surface area contributed by atoms with Gasteiger partial charge in [-0.1, -0.05) is 40.0 Å². The molecule has 0 atom stereocenters. The lowest BCUT2D eigenvalue weighted by atomic mass is 10.1. The lowest BCUT2D eigenvalue weighted by Gasteiger charge is -2.07. The first-order valence-corrected chi connectivity index (χ1v) is 7.58. The van der Waals surface area contributed by atoms with E-state index in [-0.39, 0.29) is 0 Å². The number of hydrogen-bond donors (Lipinski definition) is 1. The molecule has 0 unspecified atom stereocenters. The quantitative estimate of drug-likeness (QED) is 0.675. The number of unbranched alkanes of at least 4 members (excludes halogenated alkanes) is 3. The average Bonchev–Trinajstić information content (AvgIpc) is 2.64. The van der Waals surface area contributed by atoms with Gasteiger partial charge in [0.05, 0.1) is 5.69 Å². The highest BCUT2D eigenvalue weighted by Gasteiger charge is 2.12. The van der Waals surface area contributed by atoms with Crippen molar-refractivity contribution in [1.29, 1.82) is 0 Å². The minimum atomic E-state index is 0.914. The maximum absolute atomic E-state index is 6.24. The number of aromatic nitrogens is 2. The van der Waals surface area contributed by atoms with Crippen molar-refractivity contribution in [1.82, 2.24) is 9.55 Å². The number of imidazole rings is 1. The highest BCUT2D eigenvalue weighted by Crippen LogP contribution is 2.19. The lowest BCUT2D eigenvalue weighted by molar-refractivity contribution is 0.637. The molecule has 0 bridgehead atoms. The minimum Gasteiger partial charge on any atom is -0.384 e. The summed E-state index contributed by atoms with van der Waals surface area (Å²) in [6, 6.07) is 0. The van der Waals surface area contributed by atoms with E-state index in [2.05, 4.69) is 25.3 Å². The van der Waals surface area contributed by atoms with Gasteiger partial charge >= 0.3 is 0 Å². The molecule has 0 spiro atoms. The Hall–Kier alpha value is -0.990. The largest absolute Gasteiger partial charge is 0.384 e. The fraction of sp³-hybridized carbons (Fsp3) is 0.800. The molecule has 0 aliphatic heterocycles. The number of rotatable bonds is 9. The molecule has 0 aliphatic rings. The number of anilines is 1. The third-order valence-corrected chi connectivity index (χ3v) is 3.35. The van der Waals surface area contributed by atoms with Gasteiger partial charge < -0.3 is 10.3 Å². The maximum Gasteiger partial charge on any atom is 0.126 e. The van der Waals surface area contributed by atoms with Gasteiger partial charge in [-0.05, 0) is 25.7 Å². The molecule has 0 saturated carbocycles. The van der Waals surface area contributed by atoms with E-state index in [1.54, 1.807) is 0 Å². The molecule has 1 rings (SSSR count). The zero-order valence-corrected chi connectivity index (χ0v) is 12.3. The molecule has 1 aromatic rings. The fourth-order valence-electron chi connectivity index (χ4n) is 2.36. The summed E-state index contributed by atoms with van der Waals surface area (Å²) in [7, 11) is 0. The molecule has 2 N–H and O–H groups in total. The van der Waals surface area contributed by atoms with E-state index in [0.717, 1.165) is 43.7 Å². The van der Waals surface area contributed by atoms with Crippen LogP contribution in [0, 0.1) is 0 Å². The second kappa shape index (κ2) is 8.17. The van der Waals surface area contributed by atoms with Crippen LogP contribution in [-0.2, 0) is 19.4 Å². The van der Waals surface area contributed by atoms with Crippen molar-refractivity contribution in [2.75, 3.05) is 5.73 Å². The van der Waals surface area contributed by atoms with Gasteiger partial charge in [0.15, 0.2) is 0 Å². The molecule has 1 heterocycles. The van der Waals surface area contributed by atoms with Gasteiger partial charge in [0.1, 0.15) is 11.6 Å². The van der Waals surface area contributed by atoms with Crippen molar-refractivity contribution in [2.24, 2.45) is 0 Å². The molecule has 0 saturated heterocycles. The summed E-state index contributed by atoms with van der Waals surface area (Å²) < 4.78 is 2.22. The Labute approximate surface area is 112 Å². The molecule has 0 aliphatic carbocycles. The highest BCUT2D eigenvalue weighted by atomic mass is 15.1. The van der Waals surface area contributed by atoms with Crippen molar-refractivity contribution in [3.05, 3.63) is 11.5 Å². The number of hydrogen-bond acceptors (Lipinski definition) is 2. The maximum atomic E-state index is 6.24. The predicted octanol–water partition coefficient (Wildman–Crippen LogP) is 3.95. The summed E-state index contributed by atoms with van der Waals surface area (Å²) in [6.07, 6.45) is 9.44. The molecule has 3 nitrogen and oxygen atoms in total. The Morgan fingerprint density at radius 3 is 2.33 bits per heavy atom. The fourth-order valence-corrected chi connectivity index (χ4v) is 2.36. The van der Waals surface area contributed by atoms with Gasteiger partial charge in [-0.15, -0.1) is 0 Å². The van der Waals surface area contributed by atoms with Crippen LogP contribution in [0.15, 0.2) is 0 Å². The van der Waals surface area contributed by atoms with Crippen LogP contribution < -0.4 is 5.73 Å². The van der Waals surface area contributed by atoms with E-state index < -0.39 is 0 Å². The van der Waals surface area contributed by atoms with E-state index in [4.69, 9.17) is 10.7 Å². The topological polar surface area (TPSA) is 43.8 Å². The summed E-state index contributed by atoms with van der Waals surface area (Å²) >= 11 is 0. The second-order valence-electron chi connectivity index (χ2n) is 5.07. The van der Waals surface area contributed by atoms with Gasteiger partial charge in [0, 0.05) is 13.0 Å². The van der Waals surface area contributed by atoms with E-state index in [9.17, 15) is 0 Å². The molecule has 0 amide bonds. The first kappa shape index (κ1) is 15.1. The zero-order chi connectivity index (χ0) is 13.4. The Bertz CT molecular complexity index is 342. The number of aryl methyl sites for hydroxylation is 2. The van der Waals surface area contributed by atoms with Crippen LogP contribution >= 0.6 is 0 Å². The van der Waals surface area contributed by atoms with Gasteiger partial charge in [0.25, 0.3) is 0 Å². The Morgan fingerprint density at radius 1 is 0.944 bits per heavy atom. The average molecular weight is 251 g/mol. The Morgan fingerprint density at radius 2 is 1.72 bits per heavy atom. The van der Waals surface area contributed by atoms with E-state index >= 15 is 0 Å². The van der Waals surface area contributed by atoms with Crippen LogP contribution in [0.1, 0.15) is 70.8 Å². The summed E-state index contributed by atoms with van der Waals surface area (Å²) in [5.74, 6) is 2.10. The number of nitrogens with zero attached hydrogens (tertiary/aromatic N) is 2. The van der Waals surface area contributed by atoms with Gasteiger partial charge in [0.2, 0.25) is 0 Å². The van der Waals surface area contributed by atoms with Gasteiger partial charge in [-0.2, -0.15) is 0 Å². The standard InChI is InChI=1S/C15H29N3/c1-4-7-8-9-11-13-15(16)18(12-6-3)14(17-13)10-5-2/h4-12,16H2,1-3H3. The summed E-state index contributed by atoms with van der Waals surface area (Å²) in [6.45, 7) is 7.63. The molecular weight excluding hydrogens is 222 g/mol. The number of nitrogen functional groups attached to an aromatic ring is 1. The van der Waals surface area contributed by atoms with Crippen molar-refractivity contribution >= 4 is 5.82 Å². The van der Waals surface area contributed by atoms with Crippen molar-refractivity contribution in [2.45, 2.75) is 78.7 Å². The first-order valence-electron chi connectivity index (χ1n) is 7.58. The second-order valence-corrected chi connectivity index (χ2v) is 5.07. The van der Waals surface area contributed by atoms with E-state index in [1.165, 1.54) is 31.5 Å². The predicted molar refractivity (Wildman–Crippen MR) is 78.8 cm³/mol. The van der Waals surface area contributed by atoms with Crippen LogP contribution in [0.5, 0.6) is 0 Å². The molecule has 0 fully saturated rings. The SMILES string of the molecule is CCCCCCc1nc(CCC)n(CCC)c1N. The van der Waals surface area contributed by atoms with Crippen LogP contribution in [0.3, 0.4) is 0 Å². The van der Waals surface area contributed by atoms with Crippen LogP contribution in [-0.4, -0.2) is 9.55 Å². The van der Waals surface area contributed by atoms with Gasteiger partial charge in [-0.25, -0.2) is 4.98 Å². The van der Waals surface area contributed by atoms with Crippen molar-refractivity contribution in [3.63, 3.8) is 0 Å². The van der Waals surface area contributed by atoms with Crippen LogP contribution in [0.4, 0.5) is 5.82 Å². The molecule has 0 aromatic carbocycles.